The Labute approximate surface area is 107 Å². The molecule has 1 aromatic rings. The maximum atomic E-state index is 12.2. The van der Waals surface area contributed by atoms with Crippen molar-refractivity contribution in [3.8, 4) is 11.5 Å². The van der Waals surface area contributed by atoms with Crippen LogP contribution in [0.5, 0.6) is 11.5 Å². The Kier molecular flexibility index (Phi) is 4.19. The molecule has 0 unspecified atom stereocenters. The predicted octanol–water partition coefficient (Wildman–Crippen LogP) is 1.24. The third kappa shape index (κ3) is 2.73. The van der Waals surface area contributed by atoms with Gasteiger partial charge in [-0.15, -0.1) is 0 Å². The Balaban J connectivity index is 3.11. The average molecular weight is 253 g/mol. The molecule has 0 aliphatic carbocycles. The number of carbonyl (C=O) groups is 1. The van der Waals surface area contributed by atoms with Gasteiger partial charge in [-0.05, 0) is 32.0 Å². The quantitative estimate of drug-likeness (QED) is 0.847. The molecule has 0 atom stereocenters. The molecule has 18 heavy (non-hydrogen) atoms. The molecule has 0 bridgehead atoms. The largest absolute Gasteiger partial charge is 0.507 e. The highest BCUT2D eigenvalue weighted by atomic mass is 16.5. The molecule has 2 N–H and O–H groups in total. The number of likely N-dealkylation sites (N-methyl/N-ethyl adjacent to an activating group) is 1. The molecule has 1 aromatic carbocycles. The topological polar surface area (TPSA) is 70.0 Å². The van der Waals surface area contributed by atoms with Crippen LogP contribution in [-0.2, 0) is 0 Å². The van der Waals surface area contributed by atoms with Gasteiger partial charge in [0, 0.05) is 7.05 Å². The molecule has 0 fully saturated rings. The molecule has 100 valence electrons. The number of ether oxygens (including phenoxy) is 1. The second kappa shape index (κ2) is 5.27. The van der Waals surface area contributed by atoms with Gasteiger partial charge in [0.1, 0.15) is 11.5 Å². The second-order valence-electron chi connectivity index (χ2n) is 4.72. The third-order valence-electron chi connectivity index (χ3n) is 3.03. The molecule has 5 heteroatoms. The van der Waals surface area contributed by atoms with Gasteiger partial charge in [0.05, 0.1) is 24.8 Å². The summed E-state index contributed by atoms with van der Waals surface area (Å²) in [6, 6.07) is 4.46. The highest BCUT2D eigenvalue weighted by Gasteiger charge is 2.29. The molecule has 0 spiro atoms. The number of hydrogen-bond donors (Lipinski definition) is 2. The van der Waals surface area contributed by atoms with E-state index in [0.29, 0.717) is 5.75 Å². The maximum absolute atomic E-state index is 12.2. The smallest absolute Gasteiger partial charge is 0.258 e. The van der Waals surface area contributed by atoms with Crippen LogP contribution in [0, 0.1) is 0 Å². The van der Waals surface area contributed by atoms with Gasteiger partial charge >= 0.3 is 0 Å². The SMILES string of the molecule is COc1ccc(O)c(C(=O)N(C)C(C)(C)CO)c1. The van der Waals surface area contributed by atoms with E-state index in [1.54, 1.807) is 27.0 Å². The number of amides is 1. The lowest BCUT2D eigenvalue weighted by atomic mass is 10.0. The minimum Gasteiger partial charge on any atom is -0.507 e. The Morgan fingerprint density at radius 1 is 1.44 bits per heavy atom. The van der Waals surface area contributed by atoms with Gasteiger partial charge in [0.2, 0.25) is 0 Å². The van der Waals surface area contributed by atoms with Crippen molar-refractivity contribution in [3.63, 3.8) is 0 Å². The zero-order valence-corrected chi connectivity index (χ0v) is 11.1. The molecular formula is C13H19NO4. The predicted molar refractivity (Wildman–Crippen MR) is 67.9 cm³/mol. The number of benzene rings is 1. The second-order valence-corrected chi connectivity index (χ2v) is 4.72. The highest BCUT2D eigenvalue weighted by Crippen LogP contribution is 2.26. The first-order chi connectivity index (χ1) is 8.33. The molecule has 1 rings (SSSR count). The number of nitrogens with zero attached hydrogens (tertiary/aromatic N) is 1. The Morgan fingerprint density at radius 3 is 2.56 bits per heavy atom. The van der Waals surface area contributed by atoms with Crippen molar-refractivity contribution in [2.24, 2.45) is 0 Å². The fourth-order valence-corrected chi connectivity index (χ4v) is 1.38. The molecule has 0 aromatic heterocycles. The first kappa shape index (κ1) is 14.3. The minimum absolute atomic E-state index is 0.110. The van der Waals surface area contributed by atoms with Crippen LogP contribution in [-0.4, -0.2) is 47.3 Å². The number of methoxy groups -OCH3 is 1. The van der Waals surface area contributed by atoms with Crippen LogP contribution in [0.4, 0.5) is 0 Å². The summed E-state index contributed by atoms with van der Waals surface area (Å²) >= 11 is 0. The van der Waals surface area contributed by atoms with Gasteiger partial charge in [0.25, 0.3) is 5.91 Å². The van der Waals surface area contributed by atoms with E-state index in [4.69, 9.17) is 4.74 Å². The van der Waals surface area contributed by atoms with E-state index in [-0.39, 0.29) is 23.8 Å². The fraction of sp³-hybridized carbons (Fsp3) is 0.462. The van der Waals surface area contributed by atoms with Crippen LogP contribution < -0.4 is 4.74 Å². The summed E-state index contributed by atoms with van der Waals surface area (Å²) in [6.45, 7) is 3.31. The molecule has 5 nitrogen and oxygen atoms in total. The van der Waals surface area contributed by atoms with Crippen LogP contribution in [0.3, 0.4) is 0 Å². The summed E-state index contributed by atoms with van der Waals surface area (Å²) in [5, 5.41) is 19.0. The highest BCUT2D eigenvalue weighted by molar-refractivity contribution is 5.97. The minimum atomic E-state index is -0.702. The molecular weight excluding hydrogens is 234 g/mol. The summed E-state index contributed by atoms with van der Waals surface area (Å²) in [5.74, 6) is 0.0122. The van der Waals surface area contributed by atoms with E-state index in [0.717, 1.165) is 0 Å². The molecule has 0 radical (unpaired) electrons. The molecule has 0 heterocycles. The van der Waals surface area contributed by atoms with Crippen molar-refractivity contribution < 1.29 is 19.7 Å². The van der Waals surface area contributed by atoms with E-state index in [1.807, 2.05) is 0 Å². The molecule has 0 saturated carbocycles. The monoisotopic (exact) mass is 253 g/mol. The number of rotatable bonds is 4. The summed E-state index contributed by atoms with van der Waals surface area (Å²) < 4.78 is 5.02. The van der Waals surface area contributed by atoms with E-state index >= 15 is 0 Å². The lowest BCUT2D eigenvalue weighted by Gasteiger charge is -2.34. The van der Waals surface area contributed by atoms with Gasteiger partial charge in [-0.3, -0.25) is 4.79 Å². The Hall–Kier alpha value is -1.75. The lowest BCUT2D eigenvalue weighted by molar-refractivity contribution is 0.0470. The van der Waals surface area contributed by atoms with Crippen molar-refractivity contribution in [2.45, 2.75) is 19.4 Å². The van der Waals surface area contributed by atoms with E-state index in [2.05, 4.69) is 0 Å². The van der Waals surface area contributed by atoms with Crippen molar-refractivity contribution in [2.75, 3.05) is 20.8 Å². The number of aliphatic hydroxyl groups excluding tert-OH is 1. The van der Waals surface area contributed by atoms with E-state index < -0.39 is 5.54 Å². The van der Waals surface area contributed by atoms with Crippen LogP contribution in [0.25, 0.3) is 0 Å². The van der Waals surface area contributed by atoms with Gasteiger partial charge in [-0.25, -0.2) is 0 Å². The van der Waals surface area contributed by atoms with Crippen LogP contribution in [0.1, 0.15) is 24.2 Å². The zero-order valence-electron chi connectivity index (χ0n) is 11.1. The first-order valence-electron chi connectivity index (χ1n) is 5.59. The number of carbonyl (C=O) groups excluding carboxylic acids is 1. The van der Waals surface area contributed by atoms with Gasteiger partial charge in [-0.2, -0.15) is 0 Å². The van der Waals surface area contributed by atoms with Crippen molar-refractivity contribution in [1.29, 1.82) is 0 Å². The van der Waals surface area contributed by atoms with E-state index in [9.17, 15) is 15.0 Å². The first-order valence-corrected chi connectivity index (χ1v) is 5.59. The van der Waals surface area contributed by atoms with E-state index in [1.165, 1.54) is 24.1 Å². The normalized spacial score (nSPS) is 11.2. The number of phenolic OH excluding ortho intramolecular Hbond substituents is 1. The summed E-state index contributed by atoms with van der Waals surface area (Å²) in [5.41, 5.74) is -0.551. The van der Waals surface area contributed by atoms with Crippen molar-refractivity contribution >= 4 is 5.91 Å². The third-order valence-corrected chi connectivity index (χ3v) is 3.03. The van der Waals surface area contributed by atoms with Crippen LogP contribution in [0.2, 0.25) is 0 Å². The van der Waals surface area contributed by atoms with Gasteiger partial charge in [-0.1, -0.05) is 0 Å². The number of hydrogen-bond acceptors (Lipinski definition) is 4. The van der Waals surface area contributed by atoms with Crippen molar-refractivity contribution in [3.05, 3.63) is 23.8 Å². The lowest BCUT2D eigenvalue weighted by Crippen LogP contribution is -2.47. The zero-order chi connectivity index (χ0) is 13.9. The summed E-state index contributed by atoms with van der Waals surface area (Å²) in [6.07, 6.45) is 0. The van der Waals surface area contributed by atoms with Crippen LogP contribution >= 0.6 is 0 Å². The number of aliphatic hydroxyl groups is 1. The number of aromatic hydroxyl groups is 1. The molecule has 0 aliphatic heterocycles. The standard InChI is InChI=1S/C13H19NO4/c1-13(2,8-15)14(3)12(17)10-7-9(18-4)5-6-11(10)16/h5-7,15-16H,8H2,1-4H3. The average Bonchev–Trinajstić information content (AvgIpc) is 2.37. The fourth-order valence-electron chi connectivity index (χ4n) is 1.38. The Morgan fingerprint density at radius 2 is 2.06 bits per heavy atom. The summed E-state index contributed by atoms with van der Waals surface area (Å²) in [7, 11) is 3.07. The Bertz CT molecular complexity index is 443. The molecule has 0 aliphatic rings. The molecule has 1 amide bonds. The summed E-state index contributed by atoms with van der Waals surface area (Å²) in [4.78, 5) is 13.6. The maximum Gasteiger partial charge on any atom is 0.258 e. The van der Waals surface area contributed by atoms with Gasteiger partial charge < -0.3 is 19.8 Å². The molecule has 0 saturated heterocycles. The van der Waals surface area contributed by atoms with Gasteiger partial charge in [0.15, 0.2) is 0 Å². The number of phenols is 1. The van der Waals surface area contributed by atoms with Crippen molar-refractivity contribution in [1.82, 2.24) is 4.90 Å². The van der Waals surface area contributed by atoms with Crippen LogP contribution in [0.15, 0.2) is 18.2 Å².